The molecule has 0 bridgehead atoms. The molecule has 0 aliphatic carbocycles. The minimum absolute atomic E-state index is 0.00634. The maximum atomic E-state index is 10.7. The average Bonchev–Trinajstić information content (AvgIpc) is 2.69. The molecule has 1 aromatic heterocycles. The molecule has 3 N–H and O–H groups in total. The monoisotopic (exact) mass is 235 g/mol. The molecule has 17 heavy (non-hydrogen) atoms. The van der Waals surface area contributed by atoms with Crippen LogP contribution in [0.3, 0.4) is 0 Å². The first-order valence-electron chi connectivity index (χ1n) is 4.74. The Labute approximate surface area is 95.3 Å². The predicted molar refractivity (Wildman–Crippen MR) is 59.3 cm³/mol. The highest BCUT2D eigenvalue weighted by atomic mass is 16.6. The SMILES string of the molecule is NC(=O)OCc1ccc2[nH]cc([N+](=O)[O-])c2c1. The summed E-state index contributed by atoms with van der Waals surface area (Å²) in [6.45, 7) is -0.00634. The number of fused-ring (bicyclic) bond motifs is 1. The molecule has 88 valence electrons. The van der Waals surface area contributed by atoms with Crippen LogP contribution in [-0.2, 0) is 11.3 Å². The van der Waals surface area contributed by atoms with Gasteiger partial charge in [-0.05, 0) is 17.7 Å². The molecule has 1 heterocycles. The quantitative estimate of drug-likeness (QED) is 0.622. The lowest BCUT2D eigenvalue weighted by Crippen LogP contribution is -2.12. The molecule has 1 amide bonds. The summed E-state index contributed by atoms with van der Waals surface area (Å²) in [5, 5.41) is 11.2. The summed E-state index contributed by atoms with van der Waals surface area (Å²) in [5.41, 5.74) is 6.11. The molecule has 0 saturated heterocycles. The van der Waals surface area contributed by atoms with E-state index in [0.717, 1.165) is 0 Å². The van der Waals surface area contributed by atoms with Gasteiger partial charge in [-0.25, -0.2) is 4.79 Å². The number of nitro groups is 1. The van der Waals surface area contributed by atoms with Crippen molar-refractivity contribution in [1.29, 1.82) is 0 Å². The standard InChI is InChI=1S/C10H9N3O4/c11-10(14)17-5-6-1-2-8-7(3-6)9(4-12-8)13(15)16/h1-4,12H,5H2,(H2,11,14). The van der Waals surface area contributed by atoms with E-state index in [4.69, 9.17) is 5.73 Å². The summed E-state index contributed by atoms with van der Waals surface area (Å²) in [6, 6.07) is 4.97. The number of rotatable bonds is 3. The minimum Gasteiger partial charge on any atom is -0.445 e. The van der Waals surface area contributed by atoms with Gasteiger partial charge in [0.1, 0.15) is 6.61 Å². The fourth-order valence-corrected chi connectivity index (χ4v) is 1.55. The number of nitrogens with two attached hydrogens (primary N) is 1. The van der Waals surface area contributed by atoms with Crippen LogP contribution >= 0.6 is 0 Å². The maximum Gasteiger partial charge on any atom is 0.404 e. The molecule has 0 aliphatic rings. The Morgan fingerprint density at radius 2 is 2.29 bits per heavy atom. The Morgan fingerprint density at radius 3 is 2.94 bits per heavy atom. The number of nitrogens with one attached hydrogen (secondary N) is 1. The molecule has 0 spiro atoms. The Hall–Kier alpha value is -2.57. The molecule has 0 aliphatic heterocycles. The zero-order valence-corrected chi connectivity index (χ0v) is 8.67. The van der Waals surface area contributed by atoms with E-state index in [-0.39, 0.29) is 12.3 Å². The number of nitrogens with zero attached hydrogens (tertiary/aromatic N) is 1. The lowest BCUT2D eigenvalue weighted by molar-refractivity contribution is -0.383. The number of ether oxygens (including phenoxy) is 1. The van der Waals surface area contributed by atoms with E-state index in [1.165, 1.54) is 6.20 Å². The number of hydrogen-bond donors (Lipinski definition) is 2. The van der Waals surface area contributed by atoms with Crippen molar-refractivity contribution in [1.82, 2.24) is 4.98 Å². The molecule has 0 saturated carbocycles. The number of carbonyl (C=O) groups excluding carboxylic acids is 1. The van der Waals surface area contributed by atoms with Gasteiger partial charge in [-0.2, -0.15) is 0 Å². The molecule has 0 fully saturated rings. The third kappa shape index (κ3) is 2.17. The van der Waals surface area contributed by atoms with E-state index in [9.17, 15) is 14.9 Å². The van der Waals surface area contributed by atoms with Crippen molar-refractivity contribution in [3.63, 3.8) is 0 Å². The van der Waals surface area contributed by atoms with Crippen LogP contribution in [0.5, 0.6) is 0 Å². The second-order valence-electron chi connectivity index (χ2n) is 3.42. The van der Waals surface area contributed by atoms with Crippen molar-refractivity contribution >= 4 is 22.7 Å². The van der Waals surface area contributed by atoms with Crippen molar-refractivity contribution in [3.05, 3.63) is 40.1 Å². The second-order valence-corrected chi connectivity index (χ2v) is 3.42. The van der Waals surface area contributed by atoms with Crippen molar-refractivity contribution < 1.29 is 14.5 Å². The van der Waals surface area contributed by atoms with E-state index in [1.807, 2.05) is 0 Å². The summed E-state index contributed by atoms with van der Waals surface area (Å²) in [4.78, 5) is 23.5. The van der Waals surface area contributed by atoms with Gasteiger partial charge in [0.05, 0.1) is 22.0 Å². The lowest BCUT2D eigenvalue weighted by Gasteiger charge is -2.01. The normalized spacial score (nSPS) is 10.4. The smallest absolute Gasteiger partial charge is 0.404 e. The molecule has 7 heteroatoms. The summed E-state index contributed by atoms with van der Waals surface area (Å²) in [5.74, 6) is 0. The van der Waals surface area contributed by atoms with Crippen LogP contribution in [0.4, 0.5) is 10.5 Å². The highest BCUT2D eigenvalue weighted by Crippen LogP contribution is 2.26. The van der Waals surface area contributed by atoms with Crippen LogP contribution < -0.4 is 5.73 Å². The van der Waals surface area contributed by atoms with Crippen LogP contribution in [0.25, 0.3) is 10.9 Å². The first-order valence-corrected chi connectivity index (χ1v) is 4.74. The van der Waals surface area contributed by atoms with Crippen LogP contribution in [-0.4, -0.2) is 16.0 Å². The fourth-order valence-electron chi connectivity index (χ4n) is 1.55. The van der Waals surface area contributed by atoms with E-state index < -0.39 is 11.0 Å². The Kier molecular flexibility index (Phi) is 2.65. The highest BCUT2D eigenvalue weighted by Gasteiger charge is 2.14. The highest BCUT2D eigenvalue weighted by molar-refractivity contribution is 5.89. The summed E-state index contributed by atoms with van der Waals surface area (Å²) in [7, 11) is 0. The first-order chi connectivity index (χ1) is 8.08. The number of benzene rings is 1. The number of hydrogen-bond acceptors (Lipinski definition) is 4. The minimum atomic E-state index is -0.881. The third-order valence-corrected chi connectivity index (χ3v) is 2.30. The number of primary amides is 1. The zero-order chi connectivity index (χ0) is 12.4. The maximum absolute atomic E-state index is 10.7. The van der Waals surface area contributed by atoms with Gasteiger partial charge in [0, 0.05) is 0 Å². The molecule has 0 radical (unpaired) electrons. The number of aromatic amines is 1. The van der Waals surface area contributed by atoms with Gasteiger partial charge in [0.2, 0.25) is 0 Å². The van der Waals surface area contributed by atoms with Gasteiger partial charge in [0.15, 0.2) is 0 Å². The van der Waals surface area contributed by atoms with Crippen molar-refractivity contribution in [2.75, 3.05) is 0 Å². The van der Waals surface area contributed by atoms with E-state index >= 15 is 0 Å². The van der Waals surface area contributed by atoms with Crippen LogP contribution in [0.15, 0.2) is 24.4 Å². The molecule has 7 nitrogen and oxygen atoms in total. The molecule has 2 rings (SSSR count). The van der Waals surface area contributed by atoms with E-state index in [0.29, 0.717) is 16.5 Å². The van der Waals surface area contributed by atoms with Crippen LogP contribution in [0.1, 0.15) is 5.56 Å². The number of aromatic nitrogens is 1. The lowest BCUT2D eigenvalue weighted by atomic mass is 10.1. The first kappa shape index (κ1) is 10.9. The van der Waals surface area contributed by atoms with Crippen LogP contribution in [0.2, 0.25) is 0 Å². The predicted octanol–water partition coefficient (Wildman–Crippen LogP) is 1.67. The topological polar surface area (TPSA) is 111 Å². The number of H-pyrrole nitrogens is 1. The number of amides is 1. The van der Waals surface area contributed by atoms with E-state index in [1.54, 1.807) is 18.2 Å². The van der Waals surface area contributed by atoms with Gasteiger partial charge in [-0.1, -0.05) is 6.07 Å². The summed E-state index contributed by atoms with van der Waals surface area (Å²) >= 11 is 0. The van der Waals surface area contributed by atoms with Gasteiger partial charge >= 0.3 is 6.09 Å². The van der Waals surface area contributed by atoms with E-state index in [2.05, 4.69) is 9.72 Å². The van der Waals surface area contributed by atoms with Gasteiger partial charge in [0.25, 0.3) is 5.69 Å². The Bertz CT molecular complexity index is 590. The zero-order valence-electron chi connectivity index (χ0n) is 8.67. The van der Waals surface area contributed by atoms with Gasteiger partial charge in [-0.3, -0.25) is 10.1 Å². The van der Waals surface area contributed by atoms with Crippen molar-refractivity contribution in [3.8, 4) is 0 Å². The molecular weight excluding hydrogens is 226 g/mol. The summed E-state index contributed by atoms with van der Waals surface area (Å²) in [6.07, 6.45) is 0.442. The van der Waals surface area contributed by atoms with Gasteiger partial charge < -0.3 is 15.5 Å². The molecule has 0 unspecified atom stereocenters. The Morgan fingerprint density at radius 1 is 1.53 bits per heavy atom. The van der Waals surface area contributed by atoms with Gasteiger partial charge in [-0.15, -0.1) is 0 Å². The van der Waals surface area contributed by atoms with Crippen molar-refractivity contribution in [2.45, 2.75) is 6.61 Å². The Balaban J connectivity index is 2.37. The van der Waals surface area contributed by atoms with Crippen molar-refractivity contribution in [2.24, 2.45) is 5.73 Å². The number of carbonyl (C=O) groups is 1. The fraction of sp³-hybridized carbons (Fsp3) is 0.100. The molecule has 2 aromatic rings. The third-order valence-electron chi connectivity index (χ3n) is 2.30. The molecule has 1 aromatic carbocycles. The molecular formula is C10H9N3O4. The summed E-state index contributed by atoms with van der Waals surface area (Å²) < 4.78 is 4.61. The average molecular weight is 235 g/mol. The largest absolute Gasteiger partial charge is 0.445 e. The molecule has 0 atom stereocenters. The van der Waals surface area contributed by atoms with Crippen LogP contribution in [0, 0.1) is 10.1 Å². The second kappa shape index (κ2) is 4.12.